The highest BCUT2D eigenvalue weighted by atomic mass is 16.3. The Bertz CT molecular complexity index is 257. The molecule has 0 aromatic heterocycles. The molecule has 3 heteroatoms. The molecule has 1 saturated carbocycles. The van der Waals surface area contributed by atoms with Gasteiger partial charge in [-0.1, -0.05) is 26.7 Å². The Morgan fingerprint density at radius 1 is 1.25 bits per heavy atom. The molecule has 0 spiro atoms. The SMILES string of the molecule is CCCCCN(C(C)C)C1CCC(CO)(NCCC)C1. The van der Waals surface area contributed by atoms with Gasteiger partial charge in [-0.3, -0.25) is 4.90 Å². The Balaban J connectivity index is 2.56. The van der Waals surface area contributed by atoms with Gasteiger partial charge in [-0.25, -0.2) is 0 Å². The first kappa shape index (κ1) is 17.9. The number of nitrogens with zero attached hydrogens (tertiary/aromatic N) is 1. The van der Waals surface area contributed by atoms with Crippen LogP contribution in [-0.2, 0) is 0 Å². The summed E-state index contributed by atoms with van der Waals surface area (Å²) in [7, 11) is 0. The number of aliphatic hydroxyl groups is 1. The van der Waals surface area contributed by atoms with Gasteiger partial charge in [0.25, 0.3) is 0 Å². The predicted molar refractivity (Wildman–Crippen MR) is 87.1 cm³/mol. The van der Waals surface area contributed by atoms with E-state index in [1.807, 2.05) is 0 Å². The smallest absolute Gasteiger partial charge is 0.0613 e. The van der Waals surface area contributed by atoms with Crippen molar-refractivity contribution in [3.8, 4) is 0 Å². The monoisotopic (exact) mass is 284 g/mol. The van der Waals surface area contributed by atoms with E-state index < -0.39 is 0 Å². The number of rotatable bonds is 10. The molecule has 0 aromatic carbocycles. The van der Waals surface area contributed by atoms with E-state index in [-0.39, 0.29) is 12.1 Å². The normalized spacial score (nSPS) is 26.9. The van der Waals surface area contributed by atoms with Crippen LogP contribution in [0.1, 0.15) is 72.6 Å². The molecule has 0 radical (unpaired) electrons. The van der Waals surface area contributed by atoms with Crippen molar-refractivity contribution in [2.24, 2.45) is 0 Å². The zero-order chi connectivity index (χ0) is 15.0. The van der Waals surface area contributed by atoms with E-state index in [2.05, 4.69) is 37.9 Å². The Kier molecular flexibility index (Phi) is 8.08. The van der Waals surface area contributed by atoms with Crippen LogP contribution in [0.15, 0.2) is 0 Å². The molecule has 120 valence electrons. The van der Waals surface area contributed by atoms with Crippen LogP contribution in [0, 0.1) is 0 Å². The molecule has 1 fully saturated rings. The first-order valence-corrected chi connectivity index (χ1v) is 8.70. The molecule has 2 atom stereocenters. The van der Waals surface area contributed by atoms with Crippen LogP contribution in [0.25, 0.3) is 0 Å². The third-order valence-corrected chi connectivity index (χ3v) is 4.79. The molecule has 0 saturated heterocycles. The van der Waals surface area contributed by atoms with Crippen molar-refractivity contribution in [1.82, 2.24) is 10.2 Å². The summed E-state index contributed by atoms with van der Waals surface area (Å²) in [6, 6.07) is 1.25. The zero-order valence-corrected chi connectivity index (χ0v) is 14.1. The number of aliphatic hydroxyl groups excluding tert-OH is 1. The van der Waals surface area contributed by atoms with E-state index >= 15 is 0 Å². The minimum absolute atomic E-state index is 0.0153. The number of nitrogens with one attached hydrogen (secondary N) is 1. The van der Waals surface area contributed by atoms with Crippen LogP contribution >= 0.6 is 0 Å². The van der Waals surface area contributed by atoms with Crippen molar-refractivity contribution >= 4 is 0 Å². The Labute approximate surface area is 126 Å². The van der Waals surface area contributed by atoms with E-state index in [4.69, 9.17) is 0 Å². The van der Waals surface area contributed by atoms with Gasteiger partial charge < -0.3 is 10.4 Å². The van der Waals surface area contributed by atoms with E-state index in [1.54, 1.807) is 0 Å². The van der Waals surface area contributed by atoms with E-state index in [9.17, 15) is 5.11 Å². The fourth-order valence-electron chi connectivity index (χ4n) is 3.54. The molecule has 2 unspecified atom stereocenters. The third-order valence-electron chi connectivity index (χ3n) is 4.79. The lowest BCUT2D eigenvalue weighted by molar-refractivity contribution is 0.123. The Morgan fingerprint density at radius 3 is 2.55 bits per heavy atom. The minimum Gasteiger partial charge on any atom is -0.394 e. The summed E-state index contributed by atoms with van der Waals surface area (Å²) in [4.78, 5) is 2.67. The van der Waals surface area contributed by atoms with Crippen LogP contribution in [0.2, 0.25) is 0 Å². The molecule has 0 aromatic rings. The van der Waals surface area contributed by atoms with Crippen molar-refractivity contribution in [1.29, 1.82) is 0 Å². The second-order valence-electron chi connectivity index (χ2n) is 6.80. The lowest BCUT2D eigenvalue weighted by Crippen LogP contribution is -2.49. The van der Waals surface area contributed by atoms with Crippen LogP contribution in [0.4, 0.5) is 0 Å². The van der Waals surface area contributed by atoms with Crippen molar-refractivity contribution in [3.05, 3.63) is 0 Å². The fraction of sp³-hybridized carbons (Fsp3) is 1.00. The molecule has 20 heavy (non-hydrogen) atoms. The van der Waals surface area contributed by atoms with Crippen LogP contribution in [0.3, 0.4) is 0 Å². The van der Waals surface area contributed by atoms with Gasteiger partial charge in [0.1, 0.15) is 0 Å². The largest absolute Gasteiger partial charge is 0.394 e. The maximum Gasteiger partial charge on any atom is 0.0613 e. The lowest BCUT2D eigenvalue weighted by atomic mass is 9.97. The second-order valence-corrected chi connectivity index (χ2v) is 6.80. The zero-order valence-electron chi connectivity index (χ0n) is 14.1. The van der Waals surface area contributed by atoms with E-state index in [0.717, 1.165) is 25.8 Å². The fourth-order valence-corrected chi connectivity index (χ4v) is 3.54. The number of hydrogen-bond acceptors (Lipinski definition) is 3. The molecule has 0 heterocycles. The first-order chi connectivity index (χ1) is 9.58. The standard InChI is InChI=1S/C17H36N2O/c1-5-7-8-12-19(15(3)4)16-9-10-17(13-16,14-20)18-11-6-2/h15-16,18,20H,5-14H2,1-4H3. The summed E-state index contributed by atoms with van der Waals surface area (Å²) in [6.07, 6.45) is 8.50. The predicted octanol–water partition coefficient (Wildman–Crippen LogP) is 3.17. The summed E-state index contributed by atoms with van der Waals surface area (Å²) in [6.45, 7) is 11.6. The summed E-state index contributed by atoms with van der Waals surface area (Å²) in [5, 5.41) is 13.4. The molecule has 1 aliphatic carbocycles. The molecular formula is C17H36N2O. The van der Waals surface area contributed by atoms with Gasteiger partial charge in [-0.2, -0.15) is 0 Å². The quantitative estimate of drug-likeness (QED) is 0.605. The van der Waals surface area contributed by atoms with Crippen molar-refractivity contribution in [2.45, 2.75) is 90.3 Å². The minimum atomic E-state index is -0.0153. The molecule has 3 nitrogen and oxygen atoms in total. The first-order valence-electron chi connectivity index (χ1n) is 8.70. The van der Waals surface area contributed by atoms with Gasteiger partial charge in [0.05, 0.1) is 6.61 Å². The molecule has 2 N–H and O–H groups in total. The average Bonchev–Trinajstić information content (AvgIpc) is 2.86. The maximum absolute atomic E-state index is 9.81. The lowest BCUT2D eigenvalue weighted by Gasteiger charge is -2.35. The molecule has 0 amide bonds. The van der Waals surface area contributed by atoms with Gasteiger partial charge >= 0.3 is 0 Å². The molecule has 1 aliphatic rings. The molecule has 0 bridgehead atoms. The van der Waals surface area contributed by atoms with Crippen molar-refractivity contribution in [2.75, 3.05) is 19.7 Å². The summed E-state index contributed by atoms with van der Waals surface area (Å²) < 4.78 is 0. The van der Waals surface area contributed by atoms with E-state index in [1.165, 1.54) is 32.2 Å². The van der Waals surface area contributed by atoms with Gasteiger partial charge in [0, 0.05) is 17.6 Å². The van der Waals surface area contributed by atoms with Crippen LogP contribution < -0.4 is 5.32 Å². The Hall–Kier alpha value is -0.120. The van der Waals surface area contributed by atoms with Gasteiger partial charge in [0.2, 0.25) is 0 Å². The van der Waals surface area contributed by atoms with Gasteiger partial charge in [-0.05, 0) is 59.0 Å². The molecular weight excluding hydrogens is 248 g/mol. The number of hydrogen-bond donors (Lipinski definition) is 2. The van der Waals surface area contributed by atoms with Gasteiger partial charge in [-0.15, -0.1) is 0 Å². The molecule has 0 aliphatic heterocycles. The van der Waals surface area contributed by atoms with Crippen LogP contribution in [0.5, 0.6) is 0 Å². The Morgan fingerprint density at radius 2 is 2.00 bits per heavy atom. The van der Waals surface area contributed by atoms with Crippen LogP contribution in [-0.4, -0.2) is 47.3 Å². The number of unbranched alkanes of at least 4 members (excludes halogenated alkanes) is 2. The maximum atomic E-state index is 9.81. The average molecular weight is 284 g/mol. The summed E-state index contributed by atoms with van der Waals surface area (Å²) >= 11 is 0. The molecule has 1 rings (SSSR count). The third kappa shape index (κ3) is 5.01. The highest BCUT2D eigenvalue weighted by Crippen LogP contribution is 2.34. The highest BCUT2D eigenvalue weighted by molar-refractivity contribution is 4.99. The van der Waals surface area contributed by atoms with Crippen molar-refractivity contribution < 1.29 is 5.11 Å². The second kappa shape index (κ2) is 9.01. The highest BCUT2D eigenvalue weighted by Gasteiger charge is 2.40. The summed E-state index contributed by atoms with van der Waals surface area (Å²) in [5.41, 5.74) is -0.0153. The van der Waals surface area contributed by atoms with E-state index in [0.29, 0.717) is 12.1 Å². The topological polar surface area (TPSA) is 35.5 Å². The van der Waals surface area contributed by atoms with Gasteiger partial charge in [0.15, 0.2) is 0 Å². The summed E-state index contributed by atoms with van der Waals surface area (Å²) in [5.74, 6) is 0. The van der Waals surface area contributed by atoms with Crippen molar-refractivity contribution in [3.63, 3.8) is 0 Å².